The zero-order valence-electron chi connectivity index (χ0n) is 21.2. The lowest BCUT2D eigenvalue weighted by molar-refractivity contribution is -0.134. The summed E-state index contributed by atoms with van der Waals surface area (Å²) in [5, 5.41) is 3.75. The Kier molecular flexibility index (Phi) is 8.42. The summed E-state index contributed by atoms with van der Waals surface area (Å²) >= 11 is 0. The van der Waals surface area contributed by atoms with Gasteiger partial charge in [0.1, 0.15) is 11.5 Å². The highest BCUT2D eigenvalue weighted by molar-refractivity contribution is 6.08. The van der Waals surface area contributed by atoms with Crippen LogP contribution in [0.4, 0.5) is 0 Å². The van der Waals surface area contributed by atoms with Gasteiger partial charge in [0, 0.05) is 36.2 Å². The molecule has 184 valence electrons. The second-order valence-corrected chi connectivity index (χ2v) is 9.52. The van der Waals surface area contributed by atoms with Gasteiger partial charge in [0.2, 0.25) is 0 Å². The SMILES string of the molecule is CCn1c(C)c(C(=O)NCc2ccco2)c2cc(OCC(=O)N(CC(C)C)CC(C)C)ccc21. The van der Waals surface area contributed by atoms with Crippen molar-refractivity contribution in [1.29, 1.82) is 0 Å². The van der Waals surface area contributed by atoms with E-state index < -0.39 is 0 Å². The van der Waals surface area contributed by atoms with Crippen molar-refractivity contribution in [2.75, 3.05) is 19.7 Å². The van der Waals surface area contributed by atoms with Crippen LogP contribution in [0.3, 0.4) is 0 Å². The lowest BCUT2D eigenvalue weighted by Crippen LogP contribution is -2.39. The normalized spacial score (nSPS) is 11.4. The third-order valence-corrected chi connectivity index (χ3v) is 5.73. The first kappa shape index (κ1) is 25.4. The number of fused-ring (bicyclic) bond motifs is 1. The molecule has 0 aliphatic rings. The van der Waals surface area contributed by atoms with Crippen molar-refractivity contribution < 1.29 is 18.7 Å². The lowest BCUT2D eigenvalue weighted by Gasteiger charge is -2.26. The zero-order chi connectivity index (χ0) is 24.8. The molecule has 3 rings (SSSR count). The summed E-state index contributed by atoms with van der Waals surface area (Å²) in [7, 11) is 0. The molecule has 2 amide bonds. The predicted octanol–water partition coefficient (Wildman–Crippen LogP) is 5.01. The van der Waals surface area contributed by atoms with Gasteiger partial charge < -0.3 is 23.9 Å². The summed E-state index contributed by atoms with van der Waals surface area (Å²) in [6, 6.07) is 9.30. The number of amides is 2. The van der Waals surface area contributed by atoms with E-state index in [0.717, 1.165) is 23.1 Å². The fourth-order valence-corrected chi connectivity index (χ4v) is 4.31. The Bertz CT molecular complexity index is 1100. The summed E-state index contributed by atoms with van der Waals surface area (Å²) < 4.78 is 13.3. The molecule has 2 aromatic heterocycles. The van der Waals surface area contributed by atoms with E-state index in [9.17, 15) is 9.59 Å². The van der Waals surface area contributed by atoms with Crippen molar-refractivity contribution in [3.63, 3.8) is 0 Å². The largest absolute Gasteiger partial charge is 0.484 e. The van der Waals surface area contributed by atoms with Crippen LogP contribution in [0.15, 0.2) is 41.0 Å². The number of nitrogens with one attached hydrogen (secondary N) is 1. The first-order valence-corrected chi connectivity index (χ1v) is 12.0. The Morgan fingerprint density at radius 2 is 1.82 bits per heavy atom. The number of nitrogens with zero attached hydrogens (tertiary/aromatic N) is 2. The quantitative estimate of drug-likeness (QED) is 0.430. The first-order chi connectivity index (χ1) is 16.2. The van der Waals surface area contributed by atoms with Gasteiger partial charge in [-0.3, -0.25) is 9.59 Å². The van der Waals surface area contributed by atoms with Crippen LogP contribution in [0.25, 0.3) is 10.9 Å². The highest BCUT2D eigenvalue weighted by Crippen LogP contribution is 2.29. The van der Waals surface area contributed by atoms with E-state index in [2.05, 4.69) is 44.5 Å². The molecule has 0 atom stereocenters. The molecule has 0 saturated heterocycles. The molecule has 0 saturated carbocycles. The van der Waals surface area contributed by atoms with Crippen molar-refractivity contribution in [3.05, 3.63) is 53.6 Å². The minimum Gasteiger partial charge on any atom is -0.484 e. The van der Waals surface area contributed by atoms with Crippen molar-refractivity contribution in [2.24, 2.45) is 11.8 Å². The van der Waals surface area contributed by atoms with Gasteiger partial charge in [-0.25, -0.2) is 0 Å². The molecule has 0 aliphatic heterocycles. The van der Waals surface area contributed by atoms with E-state index >= 15 is 0 Å². The summed E-state index contributed by atoms with van der Waals surface area (Å²) in [6.07, 6.45) is 1.59. The third-order valence-electron chi connectivity index (χ3n) is 5.73. The molecule has 0 bridgehead atoms. The van der Waals surface area contributed by atoms with Crippen LogP contribution < -0.4 is 10.1 Å². The maximum absolute atomic E-state index is 13.1. The lowest BCUT2D eigenvalue weighted by atomic mass is 10.1. The van der Waals surface area contributed by atoms with E-state index in [1.807, 2.05) is 36.1 Å². The number of furan rings is 1. The van der Waals surface area contributed by atoms with Crippen LogP contribution in [0.2, 0.25) is 0 Å². The van der Waals surface area contributed by atoms with Crippen LogP contribution in [0.5, 0.6) is 5.75 Å². The average molecular weight is 468 g/mol. The zero-order valence-corrected chi connectivity index (χ0v) is 21.2. The topological polar surface area (TPSA) is 76.7 Å². The molecular formula is C27H37N3O4. The van der Waals surface area contributed by atoms with Gasteiger partial charge in [0.25, 0.3) is 11.8 Å². The third kappa shape index (κ3) is 6.01. The number of ether oxygens (including phenoxy) is 1. The van der Waals surface area contributed by atoms with Gasteiger partial charge in [0.15, 0.2) is 6.61 Å². The van der Waals surface area contributed by atoms with Gasteiger partial charge in [0.05, 0.1) is 18.4 Å². The van der Waals surface area contributed by atoms with Crippen molar-refractivity contribution in [2.45, 2.75) is 54.6 Å². The molecule has 1 aromatic carbocycles. The first-order valence-electron chi connectivity index (χ1n) is 12.0. The highest BCUT2D eigenvalue weighted by Gasteiger charge is 2.21. The van der Waals surface area contributed by atoms with Gasteiger partial charge >= 0.3 is 0 Å². The standard InChI is InChI=1S/C27H37N3O4/c1-7-30-20(6)26(27(32)28-14-22-9-8-12-33-22)23-13-21(10-11-24(23)30)34-17-25(31)29(15-18(2)3)16-19(4)5/h8-13,18-19H,7,14-17H2,1-6H3,(H,28,32). The van der Waals surface area contributed by atoms with Crippen LogP contribution in [-0.2, 0) is 17.9 Å². The maximum Gasteiger partial charge on any atom is 0.260 e. The van der Waals surface area contributed by atoms with E-state index in [-0.39, 0.29) is 18.4 Å². The summed E-state index contributed by atoms with van der Waals surface area (Å²) in [5.41, 5.74) is 2.47. The van der Waals surface area contributed by atoms with Gasteiger partial charge in [-0.15, -0.1) is 0 Å². The summed E-state index contributed by atoms with van der Waals surface area (Å²) in [4.78, 5) is 27.8. The van der Waals surface area contributed by atoms with Crippen LogP contribution >= 0.6 is 0 Å². The van der Waals surface area contributed by atoms with Crippen molar-refractivity contribution >= 4 is 22.7 Å². The highest BCUT2D eigenvalue weighted by atomic mass is 16.5. The van der Waals surface area contributed by atoms with E-state index in [4.69, 9.17) is 9.15 Å². The fraction of sp³-hybridized carbons (Fsp3) is 0.481. The second-order valence-electron chi connectivity index (χ2n) is 9.52. The second kappa shape index (κ2) is 11.3. The minimum absolute atomic E-state index is 0.0266. The molecule has 0 radical (unpaired) electrons. The minimum atomic E-state index is -0.167. The number of hydrogen-bond donors (Lipinski definition) is 1. The van der Waals surface area contributed by atoms with Crippen molar-refractivity contribution in [1.82, 2.24) is 14.8 Å². The molecule has 0 unspecified atom stereocenters. The number of hydrogen-bond acceptors (Lipinski definition) is 4. The fourth-order valence-electron chi connectivity index (χ4n) is 4.31. The van der Waals surface area contributed by atoms with Gasteiger partial charge in [-0.1, -0.05) is 27.7 Å². The summed E-state index contributed by atoms with van der Waals surface area (Å²) in [6.45, 7) is 14.9. The molecule has 1 N–H and O–H groups in total. The predicted molar refractivity (Wildman–Crippen MR) is 134 cm³/mol. The van der Waals surface area contributed by atoms with Crippen molar-refractivity contribution in [3.8, 4) is 5.75 Å². The molecule has 34 heavy (non-hydrogen) atoms. The molecule has 3 aromatic rings. The number of rotatable bonds is 11. The van der Waals surface area contributed by atoms with Gasteiger partial charge in [-0.2, -0.15) is 0 Å². The Hall–Kier alpha value is -3.22. The Morgan fingerprint density at radius 3 is 2.41 bits per heavy atom. The molecule has 0 fully saturated rings. The molecule has 2 heterocycles. The molecule has 7 nitrogen and oxygen atoms in total. The molecule has 0 spiro atoms. The summed E-state index contributed by atoms with van der Waals surface area (Å²) in [5.74, 6) is 1.85. The Morgan fingerprint density at radius 1 is 1.12 bits per heavy atom. The number of aryl methyl sites for hydroxylation is 1. The average Bonchev–Trinajstić information content (AvgIpc) is 3.39. The number of benzene rings is 1. The van der Waals surface area contributed by atoms with Gasteiger partial charge in [-0.05, 0) is 56.0 Å². The molecular weight excluding hydrogens is 430 g/mol. The monoisotopic (exact) mass is 467 g/mol. The van der Waals surface area contributed by atoms with Crippen LogP contribution in [0.1, 0.15) is 56.4 Å². The Balaban J connectivity index is 1.81. The number of carbonyl (C=O) groups is 2. The molecule has 7 heteroatoms. The smallest absolute Gasteiger partial charge is 0.260 e. The number of carbonyl (C=O) groups excluding carboxylic acids is 2. The van der Waals surface area contributed by atoms with E-state index in [1.54, 1.807) is 12.3 Å². The maximum atomic E-state index is 13.1. The van der Waals surface area contributed by atoms with Crippen LogP contribution in [0, 0.1) is 18.8 Å². The van der Waals surface area contributed by atoms with E-state index in [0.29, 0.717) is 48.5 Å². The molecule has 0 aliphatic carbocycles. The van der Waals surface area contributed by atoms with E-state index in [1.165, 1.54) is 0 Å². The number of aromatic nitrogens is 1. The van der Waals surface area contributed by atoms with Crippen LogP contribution in [-0.4, -0.2) is 41.0 Å². The Labute approximate surface area is 202 Å².